The number of carbonyl (C=O) groups excluding carboxylic acids is 1. The van der Waals surface area contributed by atoms with Crippen molar-refractivity contribution in [2.75, 3.05) is 25.1 Å². The molecule has 2 rings (SSSR count). The molecule has 1 fully saturated rings. The molecule has 0 aliphatic carbocycles. The fraction of sp³-hybridized carbons (Fsp3) is 0.500. The molecule has 0 spiro atoms. The van der Waals surface area contributed by atoms with E-state index in [1.54, 1.807) is 0 Å². The summed E-state index contributed by atoms with van der Waals surface area (Å²) in [6, 6.07) is 9.50. The van der Waals surface area contributed by atoms with Crippen LogP contribution in [-0.2, 0) is 9.53 Å². The lowest BCUT2D eigenvalue weighted by atomic mass is 9.92. The first-order valence-electron chi connectivity index (χ1n) is 6.36. The van der Waals surface area contributed by atoms with E-state index >= 15 is 0 Å². The predicted molar refractivity (Wildman–Crippen MR) is 71.5 cm³/mol. The van der Waals surface area contributed by atoms with E-state index in [0.717, 1.165) is 31.7 Å². The number of para-hydroxylation sites is 1. The van der Waals surface area contributed by atoms with Gasteiger partial charge in [0, 0.05) is 24.4 Å². The number of hydrogen-bond donors (Lipinski definition) is 2. The van der Waals surface area contributed by atoms with Gasteiger partial charge in [0.05, 0.1) is 6.54 Å². The number of ether oxygens (including phenoxy) is 1. The van der Waals surface area contributed by atoms with Crippen LogP contribution in [0.1, 0.15) is 19.8 Å². The Morgan fingerprint density at radius 2 is 1.94 bits per heavy atom. The summed E-state index contributed by atoms with van der Waals surface area (Å²) in [5.41, 5.74) is 0.855. The summed E-state index contributed by atoms with van der Waals surface area (Å²) >= 11 is 0. The molecule has 0 bridgehead atoms. The predicted octanol–water partition coefficient (Wildman–Crippen LogP) is 1.78. The van der Waals surface area contributed by atoms with E-state index in [1.165, 1.54) is 0 Å². The molecule has 0 unspecified atom stereocenters. The van der Waals surface area contributed by atoms with Gasteiger partial charge in [-0.15, -0.1) is 0 Å². The summed E-state index contributed by atoms with van der Waals surface area (Å²) in [6.07, 6.45) is 1.90. The zero-order chi connectivity index (χ0) is 12.8. The molecule has 4 heteroatoms. The number of anilines is 1. The van der Waals surface area contributed by atoms with Crippen molar-refractivity contribution >= 4 is 11.6 Å². The zero-order valence-electron chi connectivity index (χ0n) is 10.7. The summed E-state index contributed by atoms with van der Waals surface area (Å²) in [7, 11) is 0. The van der Waals surface area contributed by atoms with Crippen molar-refractivity contribution in [3.8, 4) is 0 Å². The summed E-state index contributed by atoms with van der Waals surface area (Å²) in [4.78, 5) is 11.8. The maximum atomic E-state index is 11.8. The number of rotatable bonds is 4. The van der Waals surface area contributed by atoms with Gasteiger partial charge in [0.15, 0.2) is 0 Å². The summed E-state index contributed by atoms with van der Waals surface area (Å²) in [5.74, 6) is -0.00563. The van der Waals surface area contributed by atoms with E-state index in [-0.39, 0.29) is 11.4 Å². The molecular formula is C14H20N2O2. The molecule has 4 nitrogen and oxygen atoms in total. The second-order valence-corrected chi connectivity index (χ2v) is 4.94. The molecule has 1 aromatic rings. The molecule has 0 aromatic heterocycles. The van der Waals surface area contributed by atoms with Gasteiger partial charge in [0.1, 0.15) is 0 Å². The number of amides is 1. The van der Waals surface area contributed by atoms with Crippen molar-refractivity contribution in [3.05, 3.63) is 30.3 Å². The number of hydrogen-bond acceptors (Lipinski definition) is 3. The molecule has 0 saturated carbocycles. The maximum absolute atomic E-state index is 11.8. The minimum atomic E-state index is -0.00563. The van der Waals surface area contributed by atoms with Crippen LogP contribution in [0.15, 0.2) is 30.3 Å². The van der Waals surface area contributed by atoms with E-state index in [2.05, 4.69) is 17.6 Å². The molecular weight excluding hydrogens is 228 g/mol. The van der Waals surface area contributed by atoms with Crippen LogP contribution in [0.25, 0.3) is 0 Å². The Balaban J connectivity index is 1.78. The van der Waals surface area contributed by atoms with Crippen molar-refractivity contribution in [2.45, 2.75) is 25.3 Å². The van der Waals surface area contributed by atoms with Gasteiger partial charge in [-0.3, -0.25) is 4.79 Å². The standard InChI is InChI=1S/C14H20N2O2/c1-14(7-9-18-10-8-14)15-11-13(17)16-12-5-3-2-4-6-12/h2-6,15H,7-11H2,1H3,(H,16,17). The van der Waals surface area contributed by atoms with Crippen LogP contribution in [-0.4, -0.2) is 31.2 Å². The highest BCUT2D eigenvalue weighted by Gasteiger charge is 2.27. The third-order valence-corrected chi connectivity index (χ3v) is 3.33. The monoisotopic (exact) mass is 248 g/mol. The lowest BCUT2D eigenvalue weighted by molar-refractivity contribution is -0.116. The van der Waals surface area contributed by atoms with Gasteiger partial charge in [-0.2, -0.15) is 0 Å². The minimum absolute atomic E-state index is 0.00563. The maximum Gasteiger partial charge on any atom is 0.238 e. The first kappa shape index (κ1) is 13.1. The molecule has 2 N–H and O–H groups in total. The zero-order valence-corrected chi connectivity index (χ0v) is 10.7. The van der Waals surface area contributed by atoms with Crippen LogP contribution in [0.4, 0.5) is 5.69 Å². The van der Waals surface area contributed by atoms with Crippen molar-refractivity contribution in [1.82, 2.24) is 5.32 Å². The summed E-state index contributed by atoms with van der Waals surface area (Å²) in [6.45, 7) is 4.02. The Kier molecular flexibility index (Phi) is 4.33. The van der Waals surface area contributed by atoms with Crippen LogP contribution < -0.4 is 10.6 Å². The highest BCUT2D eigenvalue weighted by Crippen LogP contribution is 2.19. The minimum Gasteiger partial charge on any atom is -0.381 e. The Bertz CT molecular complexity index is 386. The van der Waals surface area contributed by atoms with Crippen molar-refractivity contribution < 1.29 is 9.53 Å². The second-order valence-electron chi connectivity index (χ2n) is 4.94. The molecule has 0 atom stereocenters. The van der Waals surface area contributed by atoms with Crippen LogP contribution >= 0.6 is 0 Å². The van der Waals surface area contributed by atoms with E-state index in [1.807, 2.05) is 30.3 Å². The van der Waals surface area contributed by atoms with Gasteiger partial charge in [-0.25, -0.2) is 0 Å². The normalized spacial score (nSPS) is 18.3. The largest absolute Gasteiger partial charge is 0.381 e. The van der Waals surface area contributed by atoms with Crippen molar-refractivity contribution in [3.63, 3.8) is 0 Å². The Morgan fingerprint density at radius 3 is 2.61 bits per heavy atom. The first-order valence-corrected chi connectivity index (χ1v) is 6.36. The van der Waals surface area contributed by atoms with E-state index in [4.69, 9.17) is 4.74 Å². The molecule has 1 aliphatic rings. The number of nitrogens with one attached hydrogen (secondary N) is 2. The molecule has 1 heterocycles. The molecule has 0 radical (unpaired) electrons. The van der Waals surface area contributed by atoms with Crippen LogP contribution in [0.3, 0.4) is 0 Å². The van der Waals surface area contributed by atoms with Gasteiger partial charge in [-0.05, 0) is 31.9 Å². The topological polar surface area (TPSA) is 50.4 Å². The fourth-order valence-electron chi connectivity index (χ4n) is 2.02. The first-order chi connectivity index (χ1) is 8.68. The quantitative estimate of drug-likeness (QED) is 0.854. The van der Waals surface area contributed by atoms with Gasteiger partial charge in [0.2, 0.25) is 5.91 Å². The van der Waals surface area contributed by atoms with Crippen LogP contribution in [0, 0.1) is 0 Å². The molecule has 1 aliphatic heterocycles. The molecule has 98 valence electrons. The van der Waals surface area contributed by atoms with Gasteiger partial charge < -0.3 is 15.4 Å². The van der Waals surface area contributed by atoms with Gasteiger partial charge in [-0.1, -0.05) is 18.2 Å². The van der Waals surface area contributed by atoms with E-state index in [0.29, 0.717) is 6.54 Å². The summed E-state index contributed by atoms with van der Waals surface area (Å²) < 4.78 is 5.33. The molecule has 1 amide bonds. The third-order valence-electron chi connectivity index (χ3n) is 3.33. The van der Waals surface area contributed by atoms with Crippen molar-refractivity contribution in [1.29, 1.82) is 0 Å². The molecule has 18 heavy (non-hydrogen) atoms. The highest BCUT2D eigenvalue weighted by molar-refractivity contribution is 5.92. The Morgan fingerprint density at radius 1 is 1.28 bits per heavy atom. The van der Waals surface area contributed by atoms with Gasteiger partial charge in [0.25, 0.3) is 0 Å². The van der Waals surface area contributed by atoms with E-state index in [9.17, 15) is 4.79 Å². The van der Waals surface area contributed by atoms with E-state index < -0.39 is 0 Å². The summed E-state index contributed by atoms with van der Waals surface area (Å²) in [5, 5.41) is 6.19. The molecule has 1 aromatic carbocycles. The van der Waals surface area contributed by atoms with Gasteiger partial charge >= 0.3 is 0 Å². The number of carbonyl (C=O) groups is 1. The SMILES string of the molecule is CC1(NCC(=O)Nc2ccccc2)CCOCC1. The Hall–Kier alpha value is -1.39. The van der Waals surface area contributed by atoms with Crippen LogP contribution in [0.5, 0.6) is 0 Å². The lowest BCUT2D eigenvalue weighted by Gasteiger charge is -2.34. The fourth-order valence-corrected chi connectivity index (χ4v) is 2.02. The van der Waals surface area contributed by atoms with Crippen molar-refractivity contribution in [2.24, 2.45) is 0 Å². The lowest BCUT2D eigenvalue weighted by Crippen LogP contribution is -2.49. The van der Waals surface area contributed by atoms with Crippen LogP contribution in [0.2, 0.25) is 0 Å². The third kappa shape index (κ3) is 3.82. The Labute approximate surface area is 108 Å². The average molecular weight is 248 g/mol. The number of benzene rings is 1. The molecule has 1 saturated heterocycles. The second kappa shape index (κ2) is 5.98. The highest BCUT2D eigenvalue weighted by atomic mass is 16.5. The average Bonchev–Trinajstić information content (AvgIpc) is 2.39. The smallest absolute Gasteiger partial charge is 0.238 e.